The van der Waals surface area contributed by atoms with Crippen LogP contribution in [0.3, 0.4) is 0 Å². The summed E-state index contributed by atoms with van der Waals surface area (Å²) in [7, 11) is 0. The van der Waals surface area contributed by atoms with Gasteiger partial charge in [-0.15, -0.1) is 11.1 Å². The van der Waals surface area contributed by atoms with E-state index in [1.54, 1.807) is 0 Å². The fraction of sp³-hybridized carbons (Fsp3) is 0.143. The smallest absolute Gasteiger partial charge is 0 e. The largest absolute Gasteiger partial charge is 0.176 e. The average molecular weight is 270 g/mol. The first kappa shape index (κ1) is 10.8. The van der Waals surface area contributed by atoms with Crippen LogP contribution < -0.4 is 0 Å². The number of fused-ring (bicyclic) bond motifs is 3. The fourth-order valence-corrected chi connectivity index (χ4v) is 2.18. The first-order chi connectivity index (χ1) is 6.84. The Bertz CT molecular complexity index is 500. The molecule has 0 bridgehead atoms. The minimum absolute atomic E-state index is 0. The van der Waals surface area contributed by atoms with Gasteiger partial charge in [-0.2, -0.15) is 23.8 Å². The van der Waals surface area contributed by atoms with Crippen LogP contribution in [0.5, 0.6) is 0 Å². The molecule has 0 N–H and O–H groups in total. The molecular formula is C14H11Zr-. The van der Waals surface area contributed by atoms with Gasteiger partial charge in [0, 0.05) is 26.2 Å². The zero-order valence-corrected chi connectivity index (χ0v) is 11.1. The van der Waals surface area contributed by atoms with Crippen LogP contribution in [0.2, 0.25) is 0 Å². The van der Waals surface area contributed by atoms with E-state index >= 15 is 0 Å². The molecule has 0 radical (unpaired) electrons. The van der Waals surface area contributed by atoms with E-state index in [1.807, 2.05) is 0 Å². The first-order valence-corrected chi connectivity index (χ1v) is 4.95. The second kappa shape index (κ2) is 4.06. The standard InChI is InChI=1S/C14H11.Zr/c1-10-6-7-14-12(8-10)9-11-4-2-3-5-13(11)14;/h2-7H,9H2,1H3;/q-1;. The Morgan fingerprint density at radius 3 is 2.67 bits per heavy atom. The Balaban J connectivity index is 0.000000853. The maximum atomic E-state index is 3.43. The van der Waals surface area contributed by atoms with Gasteiger partial charge < -0.3 is 0 Å². The van der Waals surface area contributed by atoms with Crippen molar-refractivity contribution >= 4 is 0 Å². The van der Waals surface area contributed by atoms with Gasteiger partial charge in [-0.05, 0) is 6.42 Å². The van der Waals surface area contributed by atoms with Gasteiger partial charge in [0.05, 0.1) is 0 Å². The zero-order valence-electron chi connectivity index (χ0n) is 8.67. The van der Waals surface area contributed by atoms with Crippen LogP contribution in [-0.2, 0) is 32.6 Å². The molecule has 0 spiro atoms. The van der Waals surface area contributed by atoms with Crippen LogP contribution in [0.15, 0.2) is 36.4 Å². The van der Waals surface area contributed by atoms with E-state index in [0.717, 1.165) is 6.42 Å². The van der Waals surface area contributed by atoms with Crippen LogP contribution in [0.4, 0.5) is 0 Å². The summed E-state index contributed by atoms with van der Waals surface area (Å²) in [6.45, 7) is 2.10. The van der Waals surface area contributed by atoms with Crippen LogP contribution in [0.1, 0.15) is 16.7 Å². The van der Waals surface area contributed by atoms with Crippen molar-refractivity contribution in [2.45, 2.75) is 13.3 Å². The summed E-state index contributed by atoms with van der Waals surface area (Å²) in [5.74, 6) is 0. The third-order valence-corrected chi connectivity index (χ3v) is 2.85. The summed E-state index contributed by atoms with van der Waals surface area (Å²) < 4.78 is 0. The van der Waals surface area contributed by atoms with Crippen LogP contribution in [0, 0.1) is 13.0 Å². The van der Waals surface area contributed by atoms with Crippen molar-refractivity contribution in [2.75, 3.05) is 0 Å². The third kappa shape index (κ3) is 1.74. The minimum Gasteiger partial charge on any atom is -0.176 e. The molecule has 0 atom stereocenters. The van der Waals surface area contributed by atoms with Gasteiger partial charge in [0.2, 0.25) is 0 Å². The summed E-state index contributed by atoms with van der Waals surface area (Å²) in [6, 6.07) is 16.4. The molecule has 0 fully saturated rings. The Morgan fingerprint density at radius 2 is 1.80 bits per heavy atom. The Labute approximate surface area is 109 Å². The molecule has 0 saturated carbocycles. The van der Waals surface area contributed by atoms with Crippen molar-refractivity contribution < 1.29 is 26.2 Å². The monoisotopic (exact) mass is 269 g/mol. The molecule has 0 amide bonds. The van der Waals surface area contributed by atoms with Crippen LogP contribution in [-0.4, -0.2) is 0 Å². The summed E-state index contributed by atoms with van der Waals surface area (Å²) in [5, 5.41) is 0. The predicted molar refractivity (Wildman–Crippen MR) is 58.3 cm³/mol. The molecular weight excluding hydrogens is 259 g/mol. The van der Waals surface area contributed by atoms with Crippen LogP contribution >= 0.6 is 0 Å². The molecule has 0 saturated heterocycles. The second-order valence-electron chi connectivity index (χ2n) is 3.87. The van der Waals surface area contributed by atoms with Crippen molar-refractivity contribution in [2.24, 2.45) is 0 Å². The number of rotatable bonds is 0. The maximum absolute atomic E-state index is 3.43. The van der Waals surface area contributed by atoms with Crippen LogP contribution in [0.25, 0.3) is 11.1 Å². The summed E-state index contributed by atoms with van der Waals surface area (Å²) in [6.07, 6.45) is 1.05. The van der Waals surface area contributed by atoms with Gasteiger partial charge in [-0.1, -0.05) is 42.3 Å². The van der Waals surface area contributed by atoms with Crippen molar-refractivity contribution in [3.05, 3.63) is 59.2 Å². The molecule has 1 aliphatic carbocycles. The van der Waals surface area contributed by atoms with Gasteiger partial charge in [0.15, 0.2) is 0 Å². The SMILES string of the molecule is Cc1[c-]c2c(cc1)-c1ccccc1C2.[Zr]. The van der Waals surface area contributed by atoms with E-state index in [-0.39, 0.29) is 26.2 Å². The summed E-state index contributed by atoms with van der Waals surface area (Å²) in [4.78, 5) is 0. The Kier molecular flexibility index (Phi) is 2.93. The van der Waals surface area contributed by atoms with Gasteiger partial charge >= 0.3 is 0 Å². The molecule has 3 rings (SSSR count). The number of hydrogen-bond donors (Lipinski definition) is 0. The third-order valence-electron chi connectivity index (χ3n) is 2.85. The van der Waals surface area contributed by atoms with Crippen molar-refractivity contribution in [3.8, 4) is 11.1 Å². The van der Waals surface area contributed by atoms with Gasteiger partial charge in [-0.25, -0.2) is 0 Å². The van der Waals surface area contributed by atoms with Crippen molar-refractivity contribution in [1.29, 1.82) is 0 Å². The summed E-state index contributed by atoms with van der Waals surface area (Å²) >= 11 is 0. The zero-order chi connectivity index (χ0) is 9.54. The first-order valence-electron chi connectivity index (χ1n) is 4.95. The molecule has 0 heterocycles. The molecule has 0 nitrogen and oxygen atoms in total. The minimum atomic E-state index is 0. The van der Waals surface area contributed by atoms with Crippen molar-refractivity contribution in [3.63, 3.8) is 0 Å². The van der Waals surface area contributed by atoms with Crippen molar-refractivity contribution in [1.82, 2.24) is 0 Å². The molecule has 0 aromatic heterocycles. The molecule has 2 aromatic rings. The topological polar surface area (TPSA) is 0 Å². The van der Waals surface area contributed by atoms with E-state index in [9.17, 15) is 0 Å². The van der Waals surface area contributed by atoms with Gasteiger partial charge in [0.25, 0.3) is 0 Å². The van der Waals surface area contributed by atoms with E-state index in [2.05, 4.69) is 49.4 Å². The Morgan fingerprint density at radius 1 is 1.00 bits per heavy atom. The molecule has 1 heteroatoms. The predicted octanol–water partition coefficient (Wildman–Crippen LogP) is 3.36. The number of aryl methyl sites for hydroxylation is 1. The maximum Gasteiger partial charge on any atom is 0 e. The van der Waals surface area contributed by atoms with E-state index in [0.29, 0.717) is 0 Å². The molecule has 0 unspecified atom stereocenters. The molecule has 15 heavy (non-hydrogen) atoms. The van der Waals surface area contributed by atoms with E-state index in [4.69, 9.17) is 0 Å². The molecule has 0 aliphatic heterocycles. The number of benzene rings is 2. The normalized spacial score (nSPS) is 11.5. The fourth-order valence-electron chi connectivity index (χ4n) is 2.18. The van der Waals surface area contributed by atoms with E-state index in [1.165, 1.54) is 27.8 Å². The Hall–Kier alpha value is -0.677. The molecule has 2 aromatic carbocycles. The molecule has 72 valence electrons. The van der Waals surface area contributed by atoms with Gasteiger partial charge in [0.1, 0.15) is 0 Å². The second-order valence-corrected chi connectivity index (χ2v) is 3.87. The van der Waals surface area contributed by atoms with E-state index < -0.39 is 0 Å². The quantitative estimate of drug-likeness (QED) is 0.550. The summed E-state index contributed by atoms with van der Waals surface area (Å²) in [5.41, 5.74) is 6.78. The van der Waals surface area contributed by atoms with Gasteiger partial charge in [-0.3, -0.25) is 0 Å². The number of hydrogen-bond acceptors (Lipinski definition) is 0. The average Bonchev–Trinajstić information content (AvgIpc) is 2.54. The molecule has 1 aliphatic rings.